The first-order chi connectivity index (χ1) is 70.9. The Morgan fingerprint density at radius 1 is 0.322 bits per heavy atom. The Hall–Kier alpha value is -17.3. The van der Waals surface area contributed by atoms with Gasteiger partial charge in [-0.15, -0.1) is 0 Å². The molecule has 0 unspecified atom stereocenters. The molecule has 31 nitrogen and oxygen atoms in total. The zero-order chi connectivity index (χ0) is 106. The van der Waals surface area contributed by atoms with Crippen molar-refractivity contribution in [3.8, 4) is 91.1 Å². The second kappa shape index (κ2) is 39.3. The van der Waals surface area contributed by atoms with Crippen molar-refractivity contribution < 1.29 is 65.9 Å². The van der Waals surface area contributed by atoms with E-state index in [1.54, 1.807) is 153 Å². The van der Waals surface area contributed by atoms with Crippen LogP contribution in [0.15, 0.2) is 239 Å². The second-order valence-electron chi connectivity index (χ2n) is 36.4. The maximum absolute atomic E-state index is 14.0. The number of rotatable bonds is 20. The molecule has 20 aromatic rings. The van der Waals surface area contributed by atoms with Gasteiger partial charge in [0, 0.05) is 144 Å². The number of halogens is 15. The van der Waals surface area contributed by atoms with Gasteiger partial charge in [-0.05, 0) is 95.7 Å². The molecule has 0 saturated heterocycles. The SMILES string of the molecule is CC(C)c1ncc(F)cc1-c1ncc2c(n1)n(Cc1ccc(-c3nc(C(F)(F)F)cn3C)cc1)c(=O)n2C.Cn1cc(C(F)(F)F)nc1-c1ccc(Cn2c(=O)n(C)c3cnc(-c4ccccc4C4CC4)nc32)cc1.Cn1cc(C(F)(F)F)nc1-c1ccc(Cn2c(=O)n(C)c3cnc(-c4cccnc4C(F)F)nc32)cc1.Cn1cc(C(F)(F)F)nc1-c1ccc(Cn2c(=O)n(C)c3cnc(-c4cccnc4C4CC4)nc32)cc1. The van der Waals surface area contributed by atoms with E-state index in [-0.39, 0.29) is 95.3 Å². The molecule has 0 N–H and O–H groups in total. The molecule has 149 heavy (non-hydrogen) atoms. The number of pyridine rings is 3. The quantitative estimate of drug-likeness (QED) is 0.0640. The Morgan fingerprint density at radius 3 is 0.926 bits per heavy atom. The Bertz CT molecular complexity index is 8200. The van der Waals surface area contributed by atoms with E-state index in [0.717, 1.165) is 90.2 Å². The third-order valence-corrected chi connectivity index (χ3v) is 25.6. The summed E-state index contributed by atoms with van der Waals surface area (Å²) in [6.07, 6.45) is -2.26. The van der Waals surface area contributed by atoms with Crippen molar-refractivity contribution >= 4 is 44.7 Å². The fourth-order valence-corrected chi connectivity index (χ4v) is 17.7. The molecule has 0 aliphatic heterocycles. The minimum atomic E-state index is -4.56. The summed E-state index contributed by atoms with van der Waals surface area (Å²) in [5.74, 6) is 2.51. The van der Waals surface area contributed by atoms with Gasteiger partial charge < -0.3 is 18.3 Å². The zero-order valence-corrected chi connectivity index (χ0v) is 80.6. The summed E-state index contributed by atoms with van der Waals surface area (Å²) in [5.41, 5.74) is 8.54. The van der Waals surface area contributed by atoms with E-state index in [2.05, 4.69) is 70.9 Å². The number of nitrogens with zero attached hydrogens (tertiary/aromatic N) is 27. The van der Waals surface area contributed by atoms with Crippen LogP contribution in [0.25, 0.3) is 136 Å². The van der Waals surface area contributed by atoms with Crippen molar-refractivity contribution in [2.45, 2.75) is 115 Å². The smallest absolute Gasteiger partial charge is 0.333 e. The van der Waals surface area contributed by atoms with Crippen molar-refractivity contribution in [3.05, 3.63) is 335 Å². The predicted molar refractivity (Wildman–Crippen MR) is 520 cm³/mol. The van der Waals surface area contributed by atoms with Gasteiger partial charge in [-0.25, -0.2) is 92.2 Å². The highest BCUT2D eigenvalue weighted by molar-refractivity contribution is 5.79. The van der Waals surface area contributed by atoms with Gasteiger partial charge in [0.05, 0.1) is 68.6 Å². The third kappa shape index (κ3) is 20.3. The third-order valence-electron chi connectivity index (χ3n) is 25.6. The largest absolute Gasteiger partial charge is 0.434 e. The highest BCUT2D eigenvalue weighted by atomic mass is 19.4. The molecule has 0 bridgehead atoms. The molecule has 0 spiro atoms. The van der Waals surface area contributed by atoms with Crippen molar-refractivity contribution in [2.75, 3.05) is 0 Å². The normalized spacial score (nSPS) is 13.0. The summed E-state index contributed by atoms with van der Waals surface area (Å²) in [4.78, 5) is 116. The molecule has 0 radical (unpaired) electrons. The lowest BCUT2D eigenvalue weighted by molar-refractivity contribution is -0.141. The minimum Gasteiger partial charge on any atom is -0.333 e. The molecule has 15 aromatic heterocycles. The van der Waals surface area contributed by atoms with Crippen molar-refractivity contribution in [1.29, 1.82) is 0 Å². The minimum absolute atomic E-state index is 0.000786. The molecule has 46 heteroatoms. The summed E-state index contributed by atoms with van der Waals surface area (Å²) in [5, 5.41) is 0. The van der Waals surface area contributed by atoms with Crippen LogP contribution in [0.5, 0.6) is 0 Å². The lowest BCUT2D eigenvalue weighted by Gasteiger charge is -2.11. The number of fused-ring (bicyclic) bond motifs is 4. The van der Waals surface area contributed by atoms with Crippen LogP contribution in [0.2, 0.25) is 0 Å². The van der Waals surface area contributed by atoms with Gasteiger partial charge in [0.2, 0.25) is 0 Å². The molecule has 0 atom stereocenters. The Balaban J connectivity index is 0.000000125. The number of hydrogen-bond acceptors (Lipinski definition) is 19. The lowest BCUT2D eigenvalue weighted by Crippen LogP contribution is -2.22. The average Bonchev–Trinajstić information content (AvgIpc) is 1.61. The van der Waals surface area contributed by atoms with E-state index in [1.807, 2.05) is 44.2 Å². The van der Waals surface area contributed by atoms with E-state index in [0.29, 0.717) is 102 Å². The molecule has 22 rings (SSSR count). The number of aromatic nitrogens is 27. The second-order valence-corrected chi connectivity index (χ2v) is 36.4. The van der Waals surface area contributed by atoms with E-state index in [1.165, 1.54) is 116 Å². The van der Waals surface area contributed by atoms with Gasteiger partial charge in [-0.2, -0.15) is 52.7 Å². The molecule has 5 aromatic carbocycles. The van der Waals surface area contributed by atoms with Crippen LogP contribution in [0.3, 0.4) is 0 Å². The van der Waals surface area contributed by atoms with Gasteiger partial charge in [-0.3, -0.25) is 51.5 Å². The van der Waals surface area contributed by atoms with Gasteiger partial charge in [0.1, 0.15) is 56.9 Å². The highest BCUT2D eigenvalue weighted by Gasteiger charge is 2.40. The van der Waals surface area contributed by atoms with E-state index in [4.69, 9.17) is 9.97 Å². The molecule has 2 aliphatic carbocycles. The summed E-state index contributed by atoms with van der Waals surface area (Å²) in [7, 11) is 12.5. The molecule has 762 valence electrons. The summed E-state index contributed by atoms with van der Waals surface area (Å²) in [6.45, 7) is 4.59. The number of benzene rings is 5. The van der Waals surface area contributed by atoms with E-state index in [9.17, 15) is 85.0 Å². The number of imidazole rings is 8. The van der Waals surface area contributed by atoms with E-state index < -0.39 is 71.1 Å². The molecule has 0 amide bonds. The topological polar surface area (TPSA) is 321 Å². The zero-order valence-electron chi connectivity index (χ0n) is 80.6. The van der Waals surface area contributed by atoms with Crippen LogP contribution in [-0.2, 0) is 107 Å². The molecule has 2 saturated carbocycles. The first-order valence-corrected chi connectivity index (χ1v) is 46.3. The van der Waals surface area contributed by atoms with Crippen LogP contribution in [0.4, 0.5) is 65.9 Å². The van der Waals surface area contributed by atoms with Gasteiger partial charge in [0.25, 0.3) is 6.43 Å². The molecule has 2 aliphatic rings. The van der Waals surface area contributed by atoms with Crippen molar-refractivity contribution in [1.82, 2.24) is 130 Å². The maximum Gasteiger partial charge on any atom is 0.434 e. The van der Waals surface area contributed by atoms with Gasteiger partial charge in [-0.1, -0.05) is 135 Å². The van der Waals surface area contributed by atoms with Crippen LogP contribution in [0, 0.1) is 5.82 Å². The van der Waals surface area contributed by atoms with Crippen LogP contribution < -0.4 is 22.8 Å². The van der Waals surface area contributed by atoms with Crippen molar-refractivity contribution in [3.63, 3.8) is 0 Å². The van der Waals surface area contributed by atoms with Gasteiger partial charge in [0.15, 0.2) is 68.7 Å². The van der Waals surface area contributed by atoms with E-state index >= 15 is 0 Å². The van der Waals surface area contributed by atoms with Crippen LogP contribution >= 0.6 is 0 Å². The maximum atomic E-state index is 14.0. The summed E-state index contributed by atoms with van der Waals surface area (Å²) < 4.78 is 215. The molecule has 15 heterocycles. The van der Waals surface area contributed by atoms with Crippen molar-refractivity contribution in [2.24, 2.45) is 56.4 Å². The lowest BCUT2D eigenvalue weighted by atomic mass is 10.0. The number of hydrogen-bond donors (Lipinski definition) is 0. The highest BCUT2D eigenvalue weighted by Crippen LogP contribution is 2.46. The monoisotopic (exact) mass is 2050 g/mol. The number of aryl methyl sites for hydroxylation is 8. The standard InChI is InChI=1S/C27H23F3N6O.C26H23F4N7O.C26H22F3N7O.C24H18F5N7O/c1-34-15-22(27(28,29)30)32-24(34)18-9-7-16(8-10-18)14-36-25-21(35(2)26(36)37)13-31-23(33-25)20-6-4-3-5-19(20)17-11-12-17;1-14(2)21-18(9-17(27)10-31-21)22-32-11-19-24(34-22)37(25(38)36(19)4)12-15-5-7-16(8-6-15)23-33-20(13-35(23)3)26(28,29)30;1-34-14-20(26(27,28)29)32-23(34)17-7-5-15(6-8-17)13-36-24-19(35(2)25(36)37)12-31-22(33-24)18-4-3-11-30-21(18)16-9-10-16;1-34-12-17(24(27,28)29)32-21(34)14-7-5-13(6-8-14)11-36-22-16(35(2)23(36)37)10-31-20(33-22)15-4-3-9-30-18(15)19(25)26/h3-10,13,15,17H,11-12,14H2,1-2H3;5-11,13-14H,12H2,1-4H3;3-8,11-12,14,16H,9-10,13H2,1-2H3;3-10,12,19H,11H2,1-2H3. The van der Waals surface area contributed by atoms with Crippen LogP contribution in [-0.4, -0.2) is 130 Å². The fraction of sp³-hybridized carbons (Fsp3) is 0.252. The Morgan fingerprint density at radius 2 is 0.617 bits per heavy atom. The Labute approximate surface area is 833 Å². The summed E-state index contributed by atoms with van der Waals surface area (Å²) >= 11 is 0. The van der Waals surface area contributed by atoms with Crippen LogP contribution in [0.1, 0.15) is 131 Å². The number of alkyl halides is 14. The fourth-order valence-electron chi connectivity index (χ4n) is 17.7. The van der Waals surface area contributed by atoms with Gasteiger partial charge >= 0.3 is 47.5 Å². The Kier molecular flexibility index (Phi) is 26.5. The summed E-state index contributed by atoms with van der Waals surface area (Å²) in [6, 6.07) is 43.4. The average molecular weight is 2050 g/mol. The molecule has 2 fully saturated rings. The molecular formula is C103H86F15N27O4. The predicted octanol–water partition coefficient (Wildman–Crippen LogP) is 19.2. The first-order valence-electron chi connectivity index (χ1n) is 46.3. The molecular weight excluding hydrogens is 1960 g/mol. The first kappa shape index (κ1) is 100.